The number of hydrogen-bond donors (Lipinski definition) is 1. The Morgan fingerprint density at radius 3 is 2.92 bits per heavy atom. The normalized spacial score (nSPS) is 20.3. The number of nitrogens with zero attached hydrogens (tertiary/aromatic N) is 2. The van der Waals surface area contributed by atoms with Crippen LogP contribution in [0.3, 0.4) is 0 Å². The van der Waals surface area contributed by atoms with E-state index in [0.717, 1.165) is 5.56 Å². The highest BCUT2D eigenvalue weighted by Gasteiger charge is 2.38. The highest BCUT2D eigenvalue weighted by Crippen LogP contribution is 2.25. The highest BCUT2D eigenvalue weighted by atomic mass is 32.1. The summed E-state index contributed by atoms with van der Waals surface area (Å²) in [6, 6.07) is 1.84. The summed E-state index contributed by atoms with van der Waals surface area (Å²) in [4.78, 5) is 42.2. The molecule has 2 heterocycles. The monoisotopic (exact) mass is 376 g/mol. The van der Waals surface area contributed by atoms with Crippen molar-refractivity contribution in [2.75, 3.05) is 13.7 Å². The van der Waals surface area contributed by atoms with Crippen LogP contribution >= 0.6 is 11.3 Å². The second kappa shape index (κ2) is 8.03. The number of hydrogen-bond acceptors (Lipinski definition) is 7. The maximum atomic E-state index is 12.9. The van der Waals surface area contributed by atoms with Crippen molar-refractivity contribution in [1.82, 2.24) is 9.55 Å². The van der Waals surface area contributed by atoms with Crippen molar-refractivity contribution in [3.05, 3.63) is 38.9 Å². The summed E-state index contributed by atoms with van der Waals surface area (Å²) in [7, 11) is 1.52. The van der Waals surface area contributed by atoms with Gasteiger partial charge in [0.05, 0.1) is 19.3 Å². The Hall–Kier alpha value is -2.16. The van der Waals surface area contributed by atoms with E-state index in [1.165, 1.54) is 29.2 Å². The van der Waals surface area contributed by atoms with E-state index in [1.807, 2.05) is 16.8 Å². The van der Waals surface area contributed by atoms with Crippen molar-refractivity contribution in [2.24, 2.45) is 5.92 Å². The second-order valence-electron chi connectivity index (χ2n) is 6.22. The Morgan fingerprint density at radius 1 is 1.46 bits per heavy atom. The Bertz CT molecular complexity index is 859. The number of aliphatic hydroxyl groups is 1. The molecule has 8 heteroatoms. The molecule has 2 aromatic heterocycles. The van der Waals surface area contributed by atoms with Crippen LogP contribution in [0.5, 0.6) is 0 Å². The summed E-state index contributed by atoms with van der Waals surface area (Å²) in [5, 5.41) is 13.8. The molecule has 2 aromatic rings. The first-order chi connectivity index (χ1) is 12.5. The van der Waals surface area contributed by atoms with E-state index in [9.17, 15) is 19.5 Å². The minimum atomic E-state index is -1.18. The molecule has 7 nitrogen and oxygen atoms in total. The predicted molar refractivity (Wildman–Crippen MR) is 96.4 cm³/mol. The molecular formula is C18H20N2O5S. The number of ether oxygens (including phenoxy) is 1. The minimum Gasteiger partial charge on any atom is -0.392 e. The van der Waals surface area contributed by atoms with Gasteiger partial charge in [-0.25, -0.2) is 4.98 Å². The van der Waals surface area contributed by atoms with Crippen molar-refractivity contribution >= 4 is 22.9 Å². The zero-order valence-corrected chi connectivity index (χ0v) is 15.2. The molecule has 1 aliphatic rings. The van der Waals surface area contributed by atoms with Gasteiger partial charge in [-0.05, 0) is 24.3 Å². The van der Waals surface area contributed by atoms with Gasteiger partial charge in [0.15, 0.2) is 5.78 Å². The van der Waals surface area contributed by atoms with Crippen molar-refractivity contribution in [2.45, 2.75) is 31.9 Å². The minimum absolute atomic E-state index is 0.167. The summed E-state index contributed by atoms with van der Waals surface area (Å²) < 4.78 is 6.45. The van der Waals surface area contributed by atoms with Crippen molar-refractivity contribution in [3.63, 3.8) is 0 Å². The van der Waals surface area contributed by atoms with Crippen LogP contribution in [-0.4, -0.2) is 46.0 Å². The number of Topliss-reactive ketones (excluding diaryl/α,β-unsaturated/α-hetero) is 2. The molecule has 0 amide bonds. The van der Waals surface area contributed by atoms with Gasteiger partial charge in [0.1, 0.15) is 23.1 Å². The van der Waals surface area contributed by atoms with Crippen LogP contribution in [0.4, 0.5) is 0 Å². The average Bonchev–Trinajstić information content (AvgIpc) is 3.14. The standard InChI is InChI=1S/C18H20N2O5S/c1-25-7-6-20-17(11-5-8-26-10-11)19-9-12(18(20)24)16(23)15-13(21)3-2-4-14(15)22/h5,8-10,13,15,21H,2-4,6-7H2,1H3. The van der Waals surface area contributed by atoms with Gasteiger partial charge in [0, 0.05) is 30.7 Å². The molecule has 0 radical (unpaired) electrons. The fourth-order valence-electron chi connectivity index (χ4n) is 3.18. The largest absolute Gasteiger partial charge is 0.392 e. The van der Waals surface area contributed by atoms with E-state index < -0.39 is 23.4 Å². The van der Waals surface area contributed by atoms with E-state index in [-0.39, 0.29) is 30.9 Å². The third-order valence-corrected chi connectivity index (χ3v) is 5.23. The highest BCUT2D eigenvalue weighted by molar-refractivity contribution is 7.08. The summed E-state index contributed by atoms with van der Waals surface area (Å²) in [5.41, 5.74) is 0.0872. The van der Waals surface area contributed by atoms with Crippen molar-refractivity contribution in [3.8, 4) is 11.4 Å². The molecule has 1 saturated carbocycles. The maximum Gasteiger partial charge on any atom is 0.264 e. The van der Waals surface area contributed by atoms with E-state index in [2.05, 4.69) is 4.98 Å². The van der Waals surface area contributed by atoms with Crippen LogP contribution < -0.4 is 5.56 Å². The molecule has 2 unspecified atom stereocenters. The van der Waals surface area contributed by atoms with E-state index >= 15 is 0 Å². The molecule has 1 fully saturated rings. The fraction of sp³-hybridized carbons (Fsp3) is 0.444. The first kappa shape index (κ1) is 18.6. The molecule has 2 atom stereocenters. The third-order valence-electron chi connectivity index (χ3n) is 4.55. The molecule has 1 aliphatic carbocycles. The molecular weight excluding hydrogens is 356 g/mol. The van der Waals surface area contributed by atoms with Crippen molar-refractivity contribution in [1.29, 1.82) is 0 Å². The zero-order valence-electron chi connectivity index (χ0n) is 14.4. The molecule has 0 aromatic carbocycles. The first-order valence-corrected chi connectivity index (χ1v) is 9.35. The second-order valence-corrected chi connectivity index (χ2v) is 7.00. The lowest BCUT2D eigenvalue weighted by molar-refractivity contribution is -0.126. The molecule has 3 rings (SSSR count). The average molecular weight is 376 g/mol. The van der Waals surface area contributed by atoms with Crippen LogP contribution in [0.1, 0.15) is 29.6 Å². The lowest BCUT2D eigenvalue weighted by Crippen LogP contribution is -2.41. The summed E-state index contributed by atoms with van der Waals surface area (Å²) in [6.45, 7) is 0.511. The topological polar surface area (TPSA) is 98.5 Å². The zero-order chi connectivity index (χ0) is 18.7. The van der Waals surface area contributed by atoms with E-state index in [0.29, 0.717) is 18.7 Å². The van der Waals surface area contributed by atoms with Gasteiger partial charge in [-0.3, -0.25) is 19.0 Å². The molecule has 138 valence electrons. The van der Waals surface area contributed by atoms with E-state index in [1.54, 1.807) is 0 Å². The number of thiophene rings is 1. The molecule has 26 heavy (non-hydrogen) atoms. The van der Waals surface area contributed by atoms with E-state index in [4.69, 9.17) is 4.74 Å². The van der Waals surface area contributed by atoms with Crippen LogP contribution in [-0.2, 0) is 16.1 Å². The number of carbonyl (C=O) groups is 2. The fourth-order valence-corrected chi connectivity index (χ4v) is 3.82. The predicted octanol–water partition coefficient (Wildman–Crippen LogP) is 1.53. The van der Waals surface area contributed by atoms with Crippen molar-refractivity contribution < 1.29 is 19.4 Å². The van der Waals surface area contributed by atoms with Gasteiger partial charge in [0.2, 0.25) is 0 Å². The lowest BCUT2D eigenvalue weighted by atomic mass is 9.81. The molecule has 0 bridgehead atoms. The smallest absolute Gasteiger partial charge is 0.264 e. The number of aromatic nitrogens is 2. The SMILES string of the molecule is COCCn1c(-c2ccsc2)ncc(C(=O)C2C(=O)CCCC2O)c1=O. The summed E-state index contributed by atoms with van der Waals surface area (Å²) in [5.74, 6) is -1.71. The Morgan fingerprint density at radius 2 is 2.27 bits per heavy atom. The van der Waals surface area contributed by atoms with Crippen LogP contribution in [0.25, 0.3) is 11.4 Å². The molecule has 0 aliphatic heterocycles. The Kier molecular flexibility index (Phi) is 5.75. The van der Waals surface area contributed by atoms with Crippen LogP contribution in [0.15, 0.2) is 27.8 Å². The molecule has 1 N–H and O–H groups in total. The van der Waals surface area contributed by atoms with Gasteiger partial charge in [-0.2, -0.15) is 11.3 Å². The molecule has 0 spiro atoms. The third kappa shape index (κ3) is 3.53. The number of rotatable bonds is 6. The number of ketones is 2. The Balaban J connectivity index is 2.04. The first-order valence-electron chi connectivity index (χ1n) is 8.41. The number of aliphatic hydroxyl groups excluding tert-OH is 1. The quantitative estimate of drug-likeness (QED) is 0.606. The van der Waals surface area contributed by atoms with Gasteiger partial charge < -0.3 is 9.84 Å². The number of methoxy groups -OCH3 is 1. The van der Waals surface area contributed by atoms with Gasteiger partial charge in [0.25, 0.3) is 5.56 Å². The lowest BCUT2D eigenvalue weighted by Gasteiger charge is -2.25. The van der Waals surface area contributed by atoms with Crippen LogP contribution in [0.2, 0.25) is 0 Å². The molecule has 0 saturated heterocycles. The van der Waals surface area contributed by atoms with Gasteiger partial charge >= 0.3 is 0 Å². The maximum absolute atomic E-state index is 12.9. The van der Waals surface area contributed by atoms with Gasteiger partial charge in [-0.15, -0.1) is 0 Å². The Labute approximate surface area is 154 Å². The summed E-state index contributed by atoms with van der Waals surface area (Å²) >= 11 is 1.48. The number of carbonyl (C=O) groups excluding carboxylic acids is 2. The summed E-state index contributed by atoms with van der Waals surface area (Å²) in [6.07, 6.45) is 1.34. The van der Waals surface area contributed by atoms with Gasteiger partial charge in [-0.1, -0.05) is 0 Å². The van der Waals surface area contributed by atoms with Crippen LogP contribution in [0, 0.1) is 5.92 Å².